The minimum atomic E-state index is -0.597. The number of hydrogen-bond acceptors (Lipinski definition) is 6. The first-order chi connectivity index (χ1) is 12.0. The summed E-state index contributed by atoms with van der Waals surface area (Å²) in [6.45, 7) is 7.30. The summed E-state index contributed by atoms with van der Waals surface area (Å²) >= 11 is 1.68. The first-order valence-electron chi connectivity index (χ1n) is 8.64. The molecule has 0 saturated carbocycles. The maximum atomic E-state index is 12.1. The van der Waals surface area contributed by atoms with E-state index in [1.165, 1.54) is 4.88 Å². The molecule has 4 N–H and O–H groups in total. The van der Waals surface area contributed by atoms with Gasteiger partial charge in [-0.1, -0.05) is 19.9 Å². The minimum Gasteiger partial charge on any atom is -0.379 e. The van der Waals surface area contributed by atoms with E-state index in [0.717, 1.165) is 13.1 Å². The van der Waals surface area contributed by atoms with Crippen LogP contribution in [0.25, 0.3) is 0 Å². The molecule has 25 heavy (non-hydrogen) atoms. The monoisotopic (exact) mass is 368 g/mol. The molecule has 1 saturated heterocycles. The number of carbonyl (C=O) groups is 2. The van der Waals surface area contributed by atoms with E-state index in [1.54, 1.807) is 11.3 Å². The lowest BCUT2D eigenvalue weighted by Crippen LogP contribution is -2.48. The van der Waals surface area contributed by atoms with Crippen LogP contribution in [0.4, 0.5) is 0 Å². The largest absolute Gasteiger partial charge is 0.379 e. The molecule has 2 amide bonds. The summed E-state index contributed by atoms with van der Waals surface area (Å²) < 4.78 is 5.41. The summed E-state index contributed by atoms with van der Waals surface area (Å²) in [5, 5.41) is 7.56. The molecule has 2 atom stereocenters. The summed E-state index contributed by atoms with van der Waals surface area (Å²) in [4.78, 5) is 27.5. The highest BCUT2D eigenvalue weighted by atomic mass is 32.1. The van der Waals surface area contributed by atoms with Crippen LogP contribution in [0, 0.1) is 5.92 Å². The van der Waals surface area contributed by atoms with Gasteiger partial charge in [0.1, 0.15) is 0 Å². The van der Waals surface area contributed by atoms with Crippen LogP contribution < -0.4 is 16.4 Å². The van der Waals surface area contributed by atoms with E-state index in [2.05, 4.69) is 21.6 Å². The van der Waals surface area contributed by atoms with Crippen molar-refractivity contribution in [2.75, 3.05) is 39.4 Å². The zero-order chi connectivity index (χ0) is 18.2. The summed E-state index contributed by atoms with van der Waals surface area (Å²) in [7, 11) is 0. The second-order valence-corrected chi connectivity index (χ2v) is 7.45. The summed E-state index contributed by atoms with van der Waals surface area (Å²) in [6, 6.07) is 3.63. The van der Waals surface area contributed by atoms with Gasteiger partial charge in [-0.3, -0.25) is 14.5 Å². The number of rotatable bonds is 8. The lowest BCUT2D eigenvalue weighted by Gasteiger charge is -2.34. The molecule has 0 spiro atoms. The Morgan fingerprint density at radius 1 is 1.32 bits per heavy atom. The zero-order valence-electron chi connectivity index (χ0n) is 14.9. The Labute approximate surface area is 152 Å². The maximum absolute atomic E-state index is 12.1. The van der Waals surface area contributed by atoms with Crippen LogP contribution in [0.2, 0.25) is 0 Å². The second kappa shape index (κ2) is 9.86. The van der Waals surface area contributed by atoms with E-state index in [-0.39, 0.29) is 30.3 Å². The van der Waals surface area contributed by atoms with Gasteiger partial charge in [-0.2, -0.15) is 0 Å². The third kappa shape index (κ3) is 6.07. The van der Waals surface area contributed by atoms with Crippen LogP contribution in [0.1, 0.15) is 24.8 Å². The predicted molar refractivity (Wildman–Crippen MR) is 98.3 cm³/mol. The van der Waals surface area contributed by atoms with Crippen molar-refractivity contribution in [3.05, 3.63) is 22.4 Å². The highest BCUT2D eigenvalue weighted by Crippen LogP contribution is 2.25. The Balaban J connectivity index is 1.83. The molecule has 1 aliphatic heterocycles. The first-order valence-corrected chi connectivity index (χ1v) is 9.52. The number of nitrogens with two attached hydrogens (primary N) is 1. The topological polar surface area (TPSA) is 96.7 Å². The van der Waals surface area contributed by atoms with Crippen molar-refractivity contribution >= 4 is 23.2 Å². The fraction of sp³-hybridized carbons (Fsp3) is 0.647. The van der Waals surface area contributed by atoms with E-state index >= 15 is 0 Å². The molecule has 140 valence electrons. The third-order valence-corrected chi connectivity index (χ3v) is 5.27. The van der Waals surface area contributed by atoms with Gasteiger partial charge in [-0.25, -0.2) is 0 Å². The van der Waals surface area contributed by atoms with Crippen LogP contribution in [0.3, 0.4) is 0 Å². The number of thiophene rings is 1. The predicted octanol–water partition coefficient (Wildman–Crippen LogP) is 0.337. The number of ether oxygens (including phenoxy) is 1. The van der Waals surface area contributed by atoms with Crippen molar-refractivity contribution < 1.29 is 14.3 Å². The van der Waals surface area contributed by atoms with Gasteiger partial charge in [0.05, 0.1) is 31.8 Å². The SMILES string of the molecule is CC(C)[C@H](N)C(=O)NCC(=O)NCC(c1cccs1)N1CCOCC1. The van der Waals surface area contributed by atoms with Crippen LogP contribution >= 0.6 is 11.3 Å². The molecule has 0 radical (unpaired) electrons. The number of nitrogens with one attached hydrogen (secondary N) is 2. The maximum Gasteiger partial charge on any atom is 0.239 e. The molecule has 2 heterocycles. The standard InChI is InChI=1S/C17H28N4O3S/c1-12(2)16(18)17(23)20-11-15(22)19-10-13(14-4-3-9-25-14)21-5-7-24-8-6-21/h3-4,9,12-13,16H,5-8,10-11,18H2,1-2H3,(H,19,22)(H,20,23)/t13?,16-/m0/s1. The molecule has 0 aliphatic carbocycles. The van der Waals surface area contributed by atoms with Gasteiger partial charge in [0, 0.05) is 24.5 Å². The van der Waals surface area contributed by atoms with Gasteiger partial charge in [0.15, 0.2) is 0 Å². The van der Waals surface area contributed by atoms with Crippen LogP contribution in [-0.2, 0) is 14.3 Å². The number of nitrogens with zero attached hydrogens (tertiary/aromatic N) is 1. The lowest BCUT2D eigenvalue weighted by molar-refractivity contribution is -0.127. The molecule has 1 fully saturated rings. The molecule has 1 unspecified atom stereocenters. The minimum absolute atomic E-state index is 0.0348. The molecule has 0 aromatic carbocycles. The number of amides is 2. The molecule has 1 aliphatic rings. The number of carbonyl (C=O) groups excluding carboxylic acids is 2. The van der Waals surface area contributed by atoms with Gasteiger partial charge in [-0.05, 0) is 17.4 Å². The lowest BCUT2D eigenvalue weighted by atomic mass is 10.1. The van der Waals surface area contributed by atoms with E-state index in [1.807, 2.05) is 25.3 Å². The quantitative estimate of drug-likeness (QED) is 0.615. The second-order valence-electron chi connectivity index (χ2n) is 6.47. The number of hydrogen-bond donors (Lipinski definition) is 3. The molecular formula is C17H28N4O3S. The highest BCUT2D eigenvalue weighted by Gasteiger charge is 2.24. The fourth-order valence-electron chi connectivity index (χ4n) is 2.64. The van der Waals surface area contributed by atoms with Crippen molar-refractivity contribution in [2.45, 2.75) is 25.9 Å². The highest BCUT2D eigenvalue weighted by molar-refractivity contribution is 7.10. The van der Waals surface area contributed by atoms with Gasteiger partial charge >= 0.3 is 0 Å². The summed E-state index contributed by atoms with van der Waals surface area (Å²) in [6.07, 6.45) is 0. The van der Waals surface area contributed by atoms with Crippen LogP contribution in [0.15, 0.2) is 17.5 Å². The normalized spacial score (nSPS) is 17.9. The fourth-order valence-corrected chi connectivity index (χ4v) is 3.50. The smallest absolute Gasteiger partial charge is 0.239 e. The molecule has 7 nitrogen and oxygen atoms in total. The van der Waals surface area contributed by atoms with E-state index in [9.17, 15) is 9.59 Å². The van der Waals surface area contributed by atoms with Gasteiger partial charge in [0.25, 0.3) is 0 Å². The first kappa shape index (κ1) is 19.8. The molecule has 0 bridgehead atoms. The van der Waals surface area contributed by atoms with E-state index in [0.29, 0.717) is 19.8 Å². The Bertz CT molecular complexity index is 544. The van der Waals surface area contributed by atoms with Crippen LogP contribution in [0.5, 0.6) is 0 Å². The van der Waals surface area contributed by atoms with Crippen molar-refractivity contribution in [3.8, 4) is 0 Å². The zero-order valence-corrected chi connectivity index (χ0v) is 15.7. The average molecular weight is 369 g/mol. The Morgan fingerprint density at radius 3 is 2.64 bits per heavy atom. The molecule has 1 aromatic rings. The summed E-state index contributed by atoms with van der Waals surface area (Å²) in [5.41, 5.74) is 5.77. The van der Waals surface area contributed by atoms with Crippen molar-refractivity contribution in [2.24, 2.45) is 11.7 Å². The van der Waals surface area contributed by atoms with Gasteiger partial charge < -0.3 is 21.1 Å². The van der Waals surface area contributed by atoms with Gasteiger partial charge in [0.2, 0.25) is 11.8 Å². The Morgan fingerprint density at radius 2 is 2.04 bits per heavy atom. The van der Waals surface area contributed by atoms with Gasteiger partial charge in [-0.15, -0.1) is 11.3 Å². The van der Waals surface area contributed by atoms with Crippen molar-refractivity contribution in [1.29, 1.82) is 0 Å². The van der Waals surface area contributed by atoms with Crippen molar-refractivity contribution in [1.82, 2.24) is 15.5 Å². The van der Waals surface area contributed by atoms with E-state index < -0.39 is 6.04 Å². The Hall–Kier alpha value is -1.48. The average Bonchev–Trinajstić information content (AvgIpc) is 3.14. The van der Waals surface area contributed by atoms with E-state index in [4.69, 9.17) is 10.5 Å². The third-order valence-electron chi connectivity index (χ3n) is 4.29. The molecule has 2 rings (SSSR count). The molecule has 1 aromatic heterocycles. The number of morpholine rings is 1. The van der Waals surface area contributed by atoms with Crippen LogP contribution in [-0.4, -0.2) is 62.1 Å². The molecular weight excluding hydrogens is 340 g/mol. The summed E-state index contributed by atoms with van der Waals surface area (Å²) in [5.74, 6) is -0.472. The molecule has 8 heteroatoms. The Kier molecular flexibility index (Phi) is 7.83. The van der Waals surface area contributed by atoms with Crippen molar-refractivity contribution in [3.63, 3.8) is 0 Å².